The Bertz CT molecular complexity index is 1420. The zero-order valence-corrected chi connectivity index (χ0v) is 15.8. The van der Waals surface area contributed by atoms with Crippen molar-refractivity contribution in [1.82, 2.24) is 9.78 Å². The van der Waals surface area contributed by atoms with Gasteiger partial charge < -0.3 is 5.11 Å². The second-order valence-corrected chi connectivity index (χ2v) is 7.29. The number of ketones is 1. The minimum absolute atomic E-state index is 0.223. The van der Waals surface area contributed by atoms with Crippen LogP contribution < -0.4 is 5.56 Å². The lowest BCUT2D eigenvalue weighted by molar-refractivity contribution is 0.0688. The van der Waals surface area contributed by atoms with Gasteiger partial charge >= 0.3 is 5.97 Å². The van der Waals surface area contributed by atoms with Crippen molar-refractivity contribution in [2.75, 3.05) is 0 Å². The minimum atomic E-state index is -1.25. The van der Waals surface area contributed by atoms with Crippen LogP contribution in [0.2, 0.25) is 0 Å². The van der Waals surface area contributed by atoms with Gasteiger partial charge in [-0.2, -0.15) is 5.10 Å². The first-order chi connectivity index (χ1) is 14.5. The summed E-state index contributed by atoms with van der Waals surface area (Å²) in [5.74, 6) is -1.55. The smallest absolute Gasteiger partial charge is 0.357 e. The van der Waals surface area contributed by atoms with Crippen LogP contribution in [0.15, 0.2) is 71.5 Å². The van der Waals surface area contributed by atoms with Crippen LogP contribution in [0.1, 0.15) is 32.0 Å². The van der Waals surface area contributed by atoms with Gasteiger partial charge in [-0.15, -0.1) is 0 Å². The van der Waals surface area contributed by atoms with E-state index in [9.17, 15) is 19.5 Å². The maximum Gasteiger partial charge on any atom is 0.357 e. The summed E-state index contributed by atoms with van der Waals surface area (Å²) in [5.41, 5.74) is 4.22. The highest BCUT2D eigenvalue weighted by Gasteiger charge is 2.21. The summed E-state index contributed by atoms with van der Waals surface area (Å²) < 4.78 is 0.940. The van der Waals surface area contributed by atoms with E-state index >= 15 is 0 Å². The summed E-state index contributed by atoms with van der Waals surface area (Å²) in [6, 6.07) is 20.0. The molecule has 4 aromatic rings. The summed E-state index contributed by atoms with van der Waals surface area (Å²) in [4.78, 5) is 37.3. The lowest BCUT2D eigenvalue weighted by atomic mass is 10.0. The predicted molar refractivity (Wildman–Crippen MR) is 112 cm³/mol. The average Bonchev–Trinajstić information content (AvgIpc) is 3.13. The number of hydrogen-bond acceptors (Lipinski definition) is 4. The minimum Gasteiger partial charge on any atom is -0.476 e. The molecule has 0 spiro atoms. The summed E-state index contributed by atoms with van der Waals surface area (Å²) in [6.45, 7) is -0.329. The van der Waals surface area contributed by atoms with Crippen LogP contribution in [-0.4, -0.2) is 26.6 Å². The molecule has 6 heteroatoms. The van der Waals surface area contributed by atoms with Gasteiger partial charge in [0.1, 0.15) is 6.54 Å². The molecule has 0 unspecified atom stereocenters. The van der Waals surface area contributed by atoms with Crippen molar-refractivity contribution in [2.45, 2.75) is 13.0 Å². The van der Waals surface area contributed by atoms with Crippen molar-refractivity contribution in [3.63, 3.8) is 0 Å². The Morgan fingerprint density at radius 2 is 1.60 bits per heavy atom. The third-order valence-electron chi connectivity index (χ3n) is 5.48. The fourth-order valence-electron chi connectivity index (χ4n) is 4.02. The van der Waals surface area contributed by atoms with Crippen LogP contribution in [0.4, 0.5) is 0 Å². The molecular formula is C24H16N2O4. The van der Waals surface area contributed by atoms with Crippen molar-refractivity contribution in [2.24, 2.45) is 0 Å². The van der Waals surface area contributed by atoms with E-state index in [4.69, 9.17) is 0 Å². The molecule has 0 fully saturated rings. The lowest BCUT2D eigenvalue weighted by Gasteiger charge is -2.09. The molecule has 6 nitrogen and oxygen atoms in total. The number of Topliss-reactive ketones (excluding diaryl/α,β-unsaturated/α-hetero) is 1. The molecule has 1 heterocycles. The fourth-order valence-corrected chi connectivity index (χ4v) is 4.02. The Morgan fingerprint density at radius 3 is 2.40 bits per heavy atom. The van der Waals surface area contributed by atoms with Gasteiger partial charge in [-0.05, 0) is 40.8 Å². The third kappa shape index (κ3) is 2.81. The molecule has 5 rings (SSSR count). The monoisotopic (exact) mass is 396 g/mol. The van der Waals surface area contributed by atoms with Gasteiger partial charge in [0.15, 0.2) is 11.5 Å². The van der Waals surface area contributed by atoms with Crippen molar-refractivity contribution in [1.29, 1.82) is 0 Å². The molecule has 0 bridgehead atoms. The first kappa shape index (κ1) is 18.0. The number of carbonyl (C=O) groups excluding carboxylic acids is 1. The van der Waals surface area contributed by atoms with Gasteiger partial charge in [0.25, 0.3) is 5.56 Å². The fraction of sp³-hybridized carbons (Fsp3) is 0.0833. The van der Waals surface area contributed by atoms with Crippen molar-refractivity contribution in [3.8, 4) is 11.1 Å². The Hall–Kier alpha value is -4.06. The van der Waals surface area contributed by atoms with Crippen LogP contribution in [0.3, 0.4) is 0 Å². The molecule has 0 saturated carbocycles. The van der Waals surface area contributed by atoms with Crippen LogP contribution in [0.25, 0.3) is 21.9 Å². The Morgan fingerprint density at radius 1 is 0.900 bits per heavy atom. The first-order valence-electron chi connectivity index (χ1n) is 9.50. The first-order valence-corrected chi connectivity index (χ1v) is 9.50. The van der Waals surface area contributed by atoms with E-state index in [2.05, 4.69) is 11.2 Å². The summed E-state index contributed by atoms with van der Waals surface area (Å²) in [7, 11) is 0. The molecule has 3 aromatic carbocycles. The molecule has 1 aliphatic rings. The zero-order chi connectivity index (χ0) is 20.8. The number of carboxylic acid groups (broad SMARTS) is 1. The van der Waals surface area contributed by atoms with Crippen LogP contribution >= 0.6 is 0 Å². The highest BCUT2D eigenvalue weighted by atomic mass is 16.4. The van der Waals surface area contributed by atoms with E-state index in [0.717, 1.165) is 27.8 Å². The number of rotatable bonds is 4. The number of aromatic carboxylic acids is 1. The number of carbonyl (C=O) groups is 2. The molecule has 0 amide bonds. The topological polar surface area (TPSA) is 89.3 Å². The largest absolute Gasteiger partial charge is 0.476 e. The maximum absolute atomic E-state index is 12.9. The van der Waals surface area contributed by atoms with Gasteiger partial charge in [-0.25, -0.2) is 9.48 Å². The summed E-state index contributed by atoms with van der Waals surface area (Å²) in [5, 5.41) is 13.9. The molecule has 30 heavy (non-hydrogen) atoms. The molecule has 0 radical (unpaired) electrons. The molecule has 1 aromatic heterocycles. The Kier molecular flexibility index (Phi) is 4.06. The van der Waals surface area contributed by atoms with E-state index in [1.54, 1.807) is 24.3 Å². The number of nitrogens with zero attached hydrogens (tertiary/aromatic N) is 2. The standard InChI is InChI=1S/C24H16N2O4/c27-21(16-10-9-15-11-14-5-1-2-6-17(14)20(15)12-16)13-26-23(28)19-8-4-3-7-18(19)22(25-26)24(29)30/h1-10,12H,11,13H2,(H,29,30). The van der Waals surface area contributed by atoms with E-state index in [-0.39, 0.29) is 28.8 Å². The summed E-state index contributed by atoms with van der Waals surface area (Å²) >= 11 is 0. The second-order valence-electron chi connectivity index (χ2n) is 7.29. The molecule has 0 atom stereocenters. The highest BCUT2D eigenvalue weighted by Crippen LogP contribution is 2.36. The molecule has 146 valence electrons. The second kappa shape index (κ2) is 6.77. The van der Waals surface area contributed by atoms with Gasteiger partial charge in [-0.3, -0.25) is 9.59 Å². The Balaban J connectivity index is 1.55. The maximum atomic E-state index is 12.9. The SMILES string of the molecule is O=C(Cn1nc(C(=O)O)c2ccccc2c1=O)c1ccc2c(c1)-c1ccccc1C2. The number of benzene rings is 3. The summed E-state index contributed by atoms with van der Waals surface area (Å²) in [6.07, 6.45) is 0.827. The Labute approximate surface area is 171 Å². The highest BCUT2D eigenvalue weighted by molar-refractivity contribution is 6.01. The molecule has 1 aliphatic carbocycles. The van der Waals surface area contributed by atoms with Crippen molar-refractivity contribution < 1.29 is 14.7 Å². The van der Waals surface area contributed by atoms with Crippen molar-refractivity contribution in [3.05, 3.63) is 99.5 Å². The molecule has 0 saturated heterocycles. The van der Waals surface area contributed by atoms with Crippen molar-refractivity contribution >= 4 is 22.5 Å². The van der Waals surface area contributed by atoms with Gasteiger partial charge in [0.2, 0.25) is 0 Å². The number of fused-ring (bicyclic) bond motifs is 4. The average molecular weight is 396 g/mol. The van der Waals surface area contributed by atoms with E-state index < -0.39 is 11.5 Å². The lowest BCUT2D eigenvalue weighted by Crippen LogP contribution is -2.29. The van der Waals surface area contributed by atoms with Crippen LogP contribution in [0, 0.1) is 0 Å². The normalized spacial score (nSPS) is 11.9. The number of carboxylic acids is 1. The van der Waals surface area contributed by atoms with Crippen LogP contribution in [-0.2, 0) is 13.0 Å². The molecule has 1 N–H and O–H groups in total. The third-order valence-corrected chi connectivity index (χ3v) is 5.48. The quantitative estimate of drug-likeness (QED) is 0.469. The molecule has 0 aliphatic heterocycles. The van der Waals surface area contributed by atoms with E-state index in [1.807, 2.05) is 30.3 Å². The number of hydrogen-bond donors (Lipinski definition) is 1. The number of aromatic nitrogens is 2. The van der Waals surface area contributed by atoms with Crippen LogP contribution in [0.5, 0.6) is 0 Å². The van der Waals surface area contributed by atoms with Gasteiger partial charge in [0, 0.05) is 10.9 Å². The van der Waals surface area contributed by atoms with Gasteiger partial charge in [-0.1, -0.05) is 54.6 Å². The van der Waals surface area contributed by atoms with E-state index in [1.165, 1.54) is 11.6 Å². The van der Waals surface area contributed by atoms with Gasteiger partial charge in [0.05, 0.1) is 5.39 Å². The zero-order valence-electron chi connectivity index (χ0n) is 15.8. The molecular weight excluding hydrogens is 380 g/mol. The predicted octanol–water partition coefficient (Wildman–Crippen LogP) is 3.55. The van der Waals surface area contributed by atoms with E-state index in [0.29, 0.717) is 5.56 Å².